The largest absolute Gasteiger partial charge is 0.497 e. The summed E-state index contributed by atoms with van der Waals surface area (Å²) in [5.41, 5.74) is 2.96. The second kappa shape index (κ2) is 7.87. The summed E-state index contributed by atoms with van der Waals surface area (Å²) in [6.07, 6.45) is 3.49. The summed E-state index contributed by atoms with van der Waals surface area (Å²) >= 11 is 0. The van der Waals surface area contributed by atoms with Gasteiger partial charge in [-0.15, -0.1) is 0 Å². The van der Waals surface area contributed by atoms with E-state index in [0.29, 0.717) is 17.1 Å². The van der Waals surface area contributed by atoms with Gasteiger partial charge in [0.05, 0.1) is 31.2 Å². The highest BCUT2D eigenvalue weighted by molar-refractivity contribution is 6.32. The van der Waals surface area contributed by atoms with E-state index in [0.717, 1.165) is 29.8 Å². The number of benzene rings is 2. The first-order chi connectivity index (χ1) is 12.7. The lowest BCUT2D eigenvalue weighted by Gasteiger charge is -2.11. The molecule has 0 aliphatic carbocycles. The van der Waals surface area contributed by atoms with E-state index in [1.807, 2.05) is 48.5 Å². The minimum absolute atomic E-state index is 0.127. The third-order valence-electron chi connectivity index (χ3n) is 4.18. The number of ether oxygens (including phenoxy) is 2. The van der Waals surface area contributed by atoms with Crippen molar-refractivity contribution < 1.29 is 14.3 Å². The predicted octanol–water partition coefficient (Wildman–Crippen LogP) is 4.29. The van der Waals surface area contributed by atoms with Crippen LogP contribution in [0.25, 0.3) is 6.08 Å². The molecule has 134 valence electrons. The highest BCUT2D eigenvalue weighted by Crippen LogP contribution is 2.30. The second-order valence-corrected chi connectivity index (χ2v) is 5.92. The van der Waals surface area contributed by atoms with E-state index in [1.165, 1.54) is 5.01 Å². The number of para-hydroxylation sites is 1. The monoisotopic (exact) mass is 350 g/mol. The molecular weight excluding hydrogens is 328 g/mol. The van der Waals surface area contributed by atoms with Gasteiger partial charge in [0.2, 0.25) is 0 Å². The zero-order valence-corrected chi connectivity index (χ0v) is 15.2. The van der Waals surface area contributed by atoms with Crippen molar-refractivity contribution in [2.24, 2.45) is 5.10 Å². The highest BCUT2D eigenvalue weighted by Gasteiger charge is 2.30. The summed E-state index contributed by atoms with van der Waals surface area (Å²) in [4.78, 5) is 13.0. The normalized spacial score (nSPS) is 15.3. The Balaban J connectivity index is 2.02. The second-order valence-electron chi connectivity index (χ2n) is 5.92. The maximum atomic E-state index is 13.0. The SMILES string of the molecule is CCCC1=NN(c2ccccc2)C(=O)/C1=C/c1ccc(OC)cc1OC. The van der Waals surface area contributed by atoms with Crippen molar-refractivity contribution in [3.05, 3.63) is 59.7 Å². The van der Waals surface area contributed by atoms with Crippen LogP contribution >= 0.6 is 0 Å². The minimum atomic E-state index is -0.127. The number of rotatable bonds is 6. The van der Waals surface area contributed by atoms with Gasteiger partial charge in [-0.3, -0.25) is 4.79 Å². The van der Waals surface area contributed by atoms with Gasteiger partial charge in [-0.25, -0.2) is 0 Å². The van der Waals surface area contributed by atoms with Crippen molar-refractivity contribution in [1.29, 1.82) is 0 Å². The van der Waals surface area contributed by atoms with Gasteiger partial charge in [0.15, 0.2) is 0 Å². The van der Waals surface area contributed by atoms with Crippen LogP contribution in [0.2, 0.25) is 0 Å². The van der Waals surface area contributed by atoms with E-state index in [9.17, 15) is 4.79 Å². The van der Waals surface area contributed by atoms with E-state index >= 15 is 0 Å². The average molecular weight is 350 g/mol. The van der Waals surface area contributed by atoms with Crippen molar-refractivity contribution in [3.8, 4) is 11.5 Å². The Hall–Kier alpha value is -3.08. The van der Waals surface area contributed by atoms with Crippen LogP contribution in [0.5, 0.6) is 11.5 Å². The van der Waals surface area contributed by atoms with Gasteiger partial charge < -0.3 is 9.47 Å². The summed E-state index contributed by atoms with van der Waals surface area (Å²) in [6.45, 7) is 2.07. The Labute approximate surface area is 153 Å². The van der Waals surface area contributed by atoms with Gasteiger partial charge in [-0.1, -0.05) is 31.5 Å². The van der Waals surface area contributed by atoms with E-state index in [2.05, 4.69) is 12.0 Å². The Kier molecular flexibility index (Phi) is 5.37. The van der Waals surface area contributed by atoms with Crippen molar-refractivity contribution in [1.82, 2.24) is 0 Å². The molecule has 0 N–H and O–H groups in total. The topological polar surface area (TPSA) is 51.1 Å². The van der Waals surface area contributed by atoms with Crippen LogP contribution in [0.4, 0.5) is 5.69 Å². The number of hydrazone groups is 1. The van der Waals surface area contributed by atoms with E-state index in [-0.39, 0.29) is 5.91 Å². The molecule has 26 heavy (non-hydrogen) atoms. The number of anilines is 1. The average Bonchev–Trinajstić information content (AvgIpc) is 2.99. The highest BCUT2D eigenvalue weighted by atomic mass is 16.5. The molecular formula is C21H22N2O3. The third kappa shape index (κ3) is 3.47. The lowest BCUT2D eigenvalue weighted by molar-refractivity contribution is -0.114. The number of amides is 1. The molecule has 2 aromatic rings. The lowest BCUT2D eigenvalue weighted by Crippen LogP contribution is -2.21. The van der Waals surface area contributed by atoms with Crippen LogP contribution < -0.4 is 14.5 Å². The maximum absolute atomic E-state index is 13.0. The molecule has 5 nitrogen and oxygen atoms in total. The molecule has 0 aromatic heterocycles. The fourth-order valence-electron chi connectivity index (χ4n) is 2.86. The molecule has 0 bridgehead atoms. The van der Waals surface area contributed by atoms with E-state index in [1.54, 1.807) is 20.3 Å². The standard InChI is InChI=1S/C21H22N2O3/c1-4-8-19-18(13-15-11-12-17(25-2)14-20(15)26-3)21(24)23(22-19)16-9-6-5-7-10-16/h5-7,9-14H,4,8H2,1-3H3/b18-13+. The number of carbonyl (C=O) groups is 1. The maximum Gasteiger partial charge on any atom is 0.280 e. The minimum Gasteiger partial charge on any atom is -0.497 e. The number of nitrogens with zero attached hydrogens (tertiary/aromatic N) is 2. The summed E-state index contributed by atoms with van der Waals surface area (Å²) in [5, 5.41) is 6.03. The first kappa shape index (κ1) is 17.7. The van der Waals surface area contributed by atoms with Crippen molar-refractivity contribution in [3.63, 3.8) is 0 Å². The molecule has 0 saturated heterocycles. The molecule has 0 saturated carbocycles. The Morgan fingerprint density at radius 3 is 2.50 bits per heavy atom. The third-order valence-corrected chi connectivity index (χ3v) is 4.18. The molecule has 2 aromatic carbocycles. The summed E-state index contributed by atoms with van der Waals surface area (Å²) in [6, 6.07) is 15.0. The van der Waals surface area contributed by atoms with Crippen LogP contribution in [0.1, 0.15) is 25.3 Å². The van der Waals surface area contributed by atoms with Crippen molar-refractivity contribution in [2.45, 2.75) is 19.8 Å². The zero-order valence-electron chi connectivity index (χ0n) is 15.2. The molecule has 0 atom stereocenters. The van der Waals surface area contributed by atoms with Crippen LogP contribution in [0, 0.1) is 0 Å². The van der Waals surface area contributed by atoms with Gasteiger partial charge >= 0.3 is 0 Å². The molecule has 5 heteroatoms. The first-order valence-electron chi connectivity index (χ1n) is 8.59. The molecule has 1 aliphatic rings. The van der Waals surface area contributed by atoms with Crippen molar-refractivity contribution >= 4 is 23.4 Å². The van der Waals surface area contributed by atoms with E-state index < -0.39 is 0 Å². The van der Waals surface area contributed by atoms with Gasteiger partial charge in [0.25, 0.3) is 5.91 Å². The summed E-state index contributed by atoms with van der Waals surface area (Å²) in [7, 11) is 3.21. The van der Waals surface area contributed by atoms with Crippen LogP contribution in [0.15, 0.2) is 59.2 Å². The smallest absolute Gasteiger partial charge is 0.280 e. The van der Waals surface area contributed by atoms with Gasteiger partial charge in [-0.2, -0.15) is 10.1 Å². The van der Waals surface area contributed by atoms with Crippen LogP contribution in [-0.2, 0) is 4.79 Å². The lowest BCUT2D eigenvalue weighted by atomic mass is 10.0. The first-order valence-corrected chi connectivity index (χ1v) is 8.59. The summed E-state index contributed by atoms with van der Waals surface area (Å²) < 4.78 is 10.7. The molecule has 1 heterocycles. The summed E-state index contributed by atoms with van der Waals surface area (Å²) in [5.74, 6) is 1.23. The molecule has 0 fully saturated rings. The number of carbonyl (C=O) groups excluding carboxylic acids is 1. The molecule has 0 unspecified atom stereocenters. The fourth-order valence-corrected chi connectivity index (χ4v) is 2.86. The van der Waals surface area contributed by atoms with Gasteiger partial charge in [0.1, 0.15) is 11.5 Å². The quantitative estimate of drug-likeness (QED) is 0.730. The number of hydrogen-bond acceptors (Lipinski definition) is 4. The molecule has 0 radical (unpaired) electrons. The van der Waals surface area contributed by atoms with E-state index in [4.69, 9.17) is 9.47 Å². The van der Waals surface area contributed by atoms with Crippen molar-refractivity contribution in [2.75, 3.05) is 19.2 Å². The Morgan fingerprint density at radius 2 is 1.85 bits per heavy atom. The molecule has 1 aliphatic heterocycles. The number of hydrogen-bond donors (Lipinski definition) is 0. The van der Waals surface area contributed by atoms with Gasteiger partial charge in [0, 0.05) is 11.6 Å². The zero-order chi connectivity index (χ0) is 18.5. The Bertz CT molecular complexity index is 857. The van der Waals surface area contributed by atoms with Crippen LogP contribution in [-0.4, -0.2) is 25.8 Å². The van der Waals surface area contributed by atoms with Crippen LogP contribution in [0.3, 0.4) is 0 Å². The number of methoxy groups -OCH3 is 2. The molecule has 0 spiro atoms. The Morgan fingerprint density at radius 1 is 1.08 bits per heavy atom. The predicted molar refractivity (Wildman–Crippen MR) is 104 cm³/mol. The molecule has 1 amide bonds. The van der Waals surface area contributed by atoms with Gasteiger partial charge in [-0.05, 0) is 36.8 Å². The fraction of sp³-hybridized carbons (Fsp3) is 0.238. The molecule has 3 rings (SSSR count).